The average molecular weight is 284 g/mol. The van der Waals surface area contributed by atoms with Gasteiger partial charge < -0.3 is 10.5 Å². The summed E-state index contributed by atoms with van der Waals surface area (Å²) in [5.41, 5.74) is 5.71. The fourth-order valence-corrected chi connectivity index (χ4v) is 2.33. The Kier molecular flexibility index (Phi) is 6.37. The van der Waals surface area contributed by atoms with E-state index < -0.39 is 0 Å². The van der Waals surface area contributed by atoms with Gasteiger partial charge in [0.25, 0.3) is 0 Å². The molecular weight excluding hydrogens is 260 g/mol. The molecular formula is C13H24N4OS. The Morgan fingerprint density at radius 3 is 2.42 bits per heavy atom. The fraction of sp³-hybridized carbons (Fsp3) is 0.692. The molecule has 0 spiro atoms. The van der Waals surface area contributed by atoms with Crippen molar-refractivity contribution in [3.63, 3.8) is 0 Å². The molecule has 1 aromatic heterocycles. The SMILES string of the molecule is CSc1nc(N)cc(OCCN(C(C)C)C(C)C)n1. The summed E-state index contributed by atoms with van der Waals surface area (Å²) in [5, 5.41) is 0.638. The summed E-state index contributed by atoms with van der Waals surface area (Å²) in [6.07, 6.45) is 1.91. The first-order valence-corrected chi connectivity index (χ1v) is 7.73. The van der Waals surface area contributed by atoms with Gasteiger partial charge in [0.1, 0.15) is 12.4 Å². The van der Waals surface area contributed by atoms with Crippen molar-refractivity contribution in [1.82, 2.24) is 14.9 Å². The van der Waals surface area contributed by atoms with Crippen LogP contribution in [0.25, 0.3) is 0 Å². The normalized spacial score (nSPS) is 11.6. The van der Waals surface area contributed by atoms with Gasteiger partial charge in [0.2, 0.25) is 5.88 Å². The Morgan fingerprint density at radius 1 is 1.26 bits per heavy atom. The third-order valence-electron chi connectivity index (χ3n) is 2.81. The van der Waals surface area contributed by atoms with E-state index in [4.69, 9.17) is 10.5 Å². The second-order valence-electron chi connectivity index (χ2n) is 4.89. The smallest absolute Gasteiger partial charge is 0.219 e. The molecule has 0 fully saturated rings. The van der Waals surface area contributed by atoms with E-state index in [1.165, 1.54) is 11.8 Å². The molecule has 0 unspecified atom stereocenters. The predicted molar refractivity (Wildman–Crippen MR) is 80.7 cm³/mol. The van der Waals surface area contributed by atoms with Crippen molar-refractivity contribution in [3.05, 3.63) is 6.07 Å². The zero-order valence-electron chi connectivity index (χ0n) is 12.4. The molecule has 0 radical (unpaired) electrons. The summed E-state index contributed by atoms with van der Waals surface area (Å²) in [6, 6.07) is 2.66. The Labute approximate surface area is 119 Å². The van der Waals surface area contributed by atoms with E-state index in [-0.39, 0.29) is 0 Å². The van der Waals surface area contributed by atoms with Crippen LogP contribution in [0.15, 0.2) is 11.2 Å². The maximum atomic E-state index is 5.71. The van der Waals surface area contributed by atoms with Crippen LogP contribution >= 0.6 is 11.8 Å². The van der Waals surface area contributed by atoms with E-state index in [2.05, 4.69) is 42.6 Å². The molecule has 0 aromatic carbocycles. The van der Waals surface area contributed by atoms with Crippen molar-refractivity contribution in [2.75, 3.05) is 25.1 Å². The monoisotopic (exact) mass is 284 g/mol. The second kappa shape index (κ2) is 7.55. The van der Waals surface area contributed by atoms with E-state index in [1.54, 1.807) is 6.07 Å². The molecule has 0 bridgehead atoms. The molecule has 0 saturated heterocycles. The Bertz CT molecular complexity index is 390. The van der Waals surface area contributed by atoms with Crippen molar-refractivity contribution in [3.8, 4) is 5.88 Å². The molecule has 19 heavy (non-hydrogen) atoms. The number of hydrogen-bond donors (Lipinski definition) is 1. The third-order valence-corrected chi connectivity index (χ3v) is 3.36. The first-order chi connectivity index (χ1) is 8.93. The molecule has 0 saturated carbocycles. The standard InChI is InChI=1S/C13H24N4OS/c1-9(2)17(10(3)4)6-7-18-12-8-11(14)15-13(16-12)19-5/h8-10H,6-7H2,1-5H3,(H2,14,15,16). The lowest BCUT2D eigenvalue weighted by Crippen LogP contribution is -2.39. The lowest BCUT2D eigenvalue weighted by atomic mass is 10.2. The van der Waals surface area contributed by atoms with Crippen molar-refractivity contribution in [1.29, 1.82) is 0 Å². The van der Waals surface area contributed by atoms with Gasteiger partial charge in [-0.1, -0.05) is 11.8 Å². The van der Waals surface area contributed by atoms with Crippen LogP contribution in [0.3, 0.4) is 0 Å². The highest BCUT2D eigenvalue weighted by Gasteiger charge is 2.13. The molecule has 0 aliphatic carbocycles. The number of nitrogen functional groups attached to an aromatic ring is 1. The summed E-state index contributed by atoms with van der Waals surface area (Å²) in [5.74, 6) is 0.989. The van der Waals surface area contributed by atoms with Crippen LogP contribution in [0.5, 0.6) is 5.88 Å². The molecule has 0 atom stereocenters. The van der Waals surface area contributed by atoms with Gasteiger partial charge in [-0.3, -0.25) is 4.90 Å². The number of aromatic nitrogens is 2. The van der Waals surface area contributed by atoms with Crippen LogP contribution in [-0.2, 0) is 0 Å². The number of hydrogen-bond acceptors (Lipinski definition) is 6. The third kappa shape index (κ3) is 5.24. The second-order valence-corrected chi connectivity index (χ2v) is 5.66. The Morgan fingerprint density at radius 2 is 1.89 bits per heavy atom. The number of anilines is 1. The van der Waals surface area contributed by atoms with Crippen LogP contribution in [0.4, 0.5) is 5.82 Å². The number of nitrogens with two attached hydrogens (primary N) is 1. The van der Waals surface area contributed by atoms with Gasteiger partial charge in [0, 0.05) is 24.7 Å². The topological polar surface area (TPSA) is 64.3 Å². The first-order valence-electron chi connectivity index (χ1n) is 6.51. The fourth-order valence-electron chi connectivity index (χ4n) is 1.95. The van der Waals surface area contributed by atoms with Gasteiger partial charge in [-0.2, -0.15) is 4.98 Å². The number of ether oxygens (including phenoxy) is 1. The maximum Gasteiger partial charge on any atom is 0.219 e. The molecule has 2 N–H and O–H groups in total. The van der Waals surface area contributed by atoms with Crippen molar-refractivity contribution < 1.29 is 4.74 Å². The molecule has 0 aliphatic heterocycles. The molecule has 108 valence electrons. The highest BCUT2D eigenvalue weighted by atomic mass is 32.2. The zero-order valence-corrected chi connectivity index (χ0v) is 13.2. The van der Waals surface area contributed by atoms with Gasteiger partial charge in [-0.05, 0) is 34.0 Å². The summed E-state index contributed by atoms with van der Waals surface area (Å²) in [6.45, 7) is 10.2. The minimum absolute atomic E-state index is 0.443. The summed E-state index contributed by atoms with van der Waals surface area (Å²) < 4.78 is 5.67. The molecule has 0 amide bonds. The Hall–Kier alpha value is -1.01. The van der Waals surface area contributed by atoms with Gasteiger partial charge in [0.15, 0.2) is 5.16 Å². The van der Waals surface area contributed by atoms with Crippen LogP contribution in [0, 0.1) is 0 Å². The molecule has 1 heterocycles. The quantitative estimate of drug-likeness (QED) is 0.612. The van der Waals surface area contributed by atoms with Crippen LogP contribution in [0.1, 0.15) is 27.7 Å². The van der Waals surface area contributed by atoms with Crippen molar-refractivity contribution >= 4 is 17.6 Å². The van der Waals surface area contributed by atoms with Gasteiger partial charge in [-0.15, -0.1) is 0 Å². The van der Waals surface area contributed by atoms with Crippen molar-refractivity contribution in [2.45, 2.75) is 44.9 Å². The molecule has 1 aromatic rings. The highest BCUT2D eigenvalue weighted by molar-refractivity contribution is 7.98. The first kappa shape index (κ1) is 16.0. The van der Waals surface area contributed by atoms with Gasteiger partial charge in [0.05, 0.1) is 0 Å². The van der Waals surface area contributed by atoms with Crippen LogP contribution < -0.4 is 10.5 Å². The average Bonchev–Trinajstić information content (AvgIpc) is 2.32. The maximum absolute atomic E-state index is 5.71. The minimum Gasteiger partial charge on any atom is -0.476 e. The van der Waals surface area contributed by atoms with E-state index in [1.807, 2.05) is 6.26 Å². The lowest BCUT2D eigenvalue weighted by Gasteiger charge is -2.30. The van der Waals surface area contributed by atoms with E-state index in [9.17, 15) is 0 Å². The number of rotatable bonds is 7. The summed E-state index contributed by atoms with van der Waals surface area (Å²) in [4.78, 5) is 10.7. The number of thioether (sulfide) groups is 1. The van der Waals surface area contributed by atoms with E-state index >= 15 is 0 Å². The van der Waals surface area contributed by atoms with E-state index in [0.29, 0.717) is 35.5 Å². The van der Waals surface area contributed by atoms with Gasteiger partial charge >= 0.3 is 0 Å². The van der Waals surface area contributed by atoms with Gasteiger partial charge in [-0.25, -0.2) is 4.98 Å². The summed E-state index contributed by atoms with van der Waals surface area (Å²) in [7, 11) is 0. The van der Waals surface area contributed by atoms with Crippen LogP contribution in [0.2, 0.25) is 0 Å². The molecule has 0 aliphatic rings. The molecule has 5 nitrogen and oxygen atoms in total. The predicted octanol–water partition coefficient (Wildman–Crippen LogP) is 2.28. The molecule has 6 heteroatoms. The summed E-state index contributed by atoms with van der Waals surface area (Å²) >= 11 is 1.45. The highest BCUT2D eigenvalue weighted by Crippen LogP contribution is 2.17. The molecule has 1 rings (SSSR count). The zero-order chi connectivity index (χ0) is 14.4. The number of nitrogens with zero attached hydrogens (tertiary/aromatic N) is 3. The Balaban J connectivity index is 2.55. The largest absolute Gasteiger partial charge is 0.476 e. The van der Waals surface area contributed by atoms with E-state index in [0.717, 1.165) is 6.54 Å². The van der Waals surface area contributed by atoms with Crippen molar-refractivity contribution in [2.24, 2.45) is 0 Å². The minimum atomic E-state index is 0.443. The lowest BCUT2D eigenvalue weighted by molar-refractivity contribution is 0.140. The van der Waals surface area contributed by atoms with Crippen LogP contribution in [-0.4, -0.2) is 46.4 Å².